The van der Waals surface area contributed by atoms with Crippen LogP contribution >= 0.6 is 11.6 Å². The lowest BCUT2D eigenvalue weighted by Gasteiger charge is -2.35. The van der Waals surface area contributed by atoms with Gasteiger partial charge in [-0.25, -0.2) is 0 Å². The molecule has 1 saturated carbocycles. The molecule has 1 aromatic rings. The number of carbonyl (C=O) groups is 1. The number of nitrogens with zero attached hydrogens (tertiary/aromatic N) is 1. The van der Waals surface area contributed by atoms with Gasteiger partial charge in [0.05, 0.1) is 18.8 Å². The van der Waals surface area contributed by atoms with E-state index in [0.717, 1.165) is 42.9 Å². The summed E-state index contributed by atoms with van der Waals surface area (Å²) in [5.41, 5.74) is 7.42. The first kappa shape index (κ1) is 19.2. The molecule has 3 N–H and O–H groups in total. The smallest absolute Gasteiger partial charge is 0.237 e. The number of hydrogen-bond acceptors (Lipinski definition) is 4. The first-order chi connectivity index (χ1) is 13.1. The summed E-state index contributed by atoms with van der Waals surface area (Å²) < 4.78 is 6.09. The first-order valence-electron chi connectivity index (χ1n) is 10.3. The van der Waals surface area contributed by atoms with Gasteiger partial charge in [0.2, 0.25) is 5.91 Å². The number of benzene rings is 1. The molecule has 1 amide bonds. The fraction of sp³-hybridized carbons (Fsp3) is 0.667. The summed E-state index contributed by atoms with van der Waals surface area (Å²) >= 11 is 5.99. The van der Waals surface area contributed by atoms with Crippen LogP contribution in [0.5, 0.6) is 0 Å². The molecule has 2 aliphatic heterocycles. The summed E-state index contributed by atoms with van der Waals surface area (Å²) in [6.07, 6.45) is 6.87. The van der Waals surface area contributed by atoms with E-state index in [2.05, 4.69) is 10.2 Å². The van der Waals surface area contributed by atoms with Crippen LogP contribution in [0.25, 0.3) is 0 Å². The summed E-state index contributed by atoms with van der Waals surface area (Å²) in [6.45, 7) is 2.43. The minimum absolute atomic E-state index is 0.0296. The largest absolute Gasteiger partial charge is 0.371 e. The van der Waals surface area contributed by atoms with E-state index >= 15 is 0 Å². The highest BCUT2D eigenvalue weighted by molar-refractivity contribution is 6.30. The highest BCUT2D eigenvalue weighted by Crippen LogP contribution is 2.31. The van der Waals surface area contributed by atoms with Crippen molar-refractivity contribution in [2.75, 3.05) is 19.7 Å². The van der Waals surface area contributed by atoms with Gasteiger partial charge in [-0.1, -0.05) is 43.0 Å². The number of nitrogens with two attached hydrogens (primary N) is 1. The summed E-state index contributed by atoms with van der Waals surface area (Å²) in [5, 5.41) is 3.96. The third kappa shape index (κ3) is 4.48. The van der Waals surface area contributed by atoms with Gasteiger partial charge in [-0.05, 0) is 42.9 Å². The average molecular weight is 392 g/mol. The van der Waals surface area contributed by atoms with Gasteiger partial charge in [-0.15, -0.1) is 0 Å². The number of fused-ring (bicyclic) bond motifs is 1. The fourth-order valence-corrected chi connectivity index (χ4v) is 4.99. The average Bonchev–Trinajstić information content (AvgIpc) is 3.10. The van der Waals surface area contributed by atoms with Crippen LogP contribution in [0.15, 0.2) is 24.3 Å². The number of rotatable bonds is 4. The van der Waals surface area contributed by atoms with E-state index in [9.17, 15) is 4.79 Å². The SMILES string of the molecule is N[C@H](C(=O)N[C@@H]1C[C@H]2CO[C@@H](c3ccc(Cl)cc3)CN2C1)C1CCCCC1. The van der Waals surface area contributed by atoms with E-state index < -0.39 is 0 Å². The van der Waals surface area contributed by atoms with Crippen LogP contribution in [0, 0.1) is 5.92 Å². The molecule has 4 atom stereocenters. The van der Waals surface area contributed by atoms with E-state index in [1.165, 1.54) is 19.3 Å². The predicted octanol–water partition coefficient (Wildman–Crippen LogP) is 2.88. The second-order valence-electron chi connectivity index (χ2n) is 8.35. The highest BCUT2D eigenvalue weighted by atomic mass is 35.5. The molecule has 0 bridgehead atoms. The molecule has 148 valence electrons. The molecule has 3 fully saturated rings. The Bertz CT molecular complexity index is 647. The van der Waals surface area contributed by atoms with Crippen molar-refractivity contribution in [2.45, 2.75) is 62.8 Å². The maximum Gasteiger partial charge on any atom is 0.237 e. The number of hydrogen-bond donors (Lipinski definition) is 2. The van der Waals surface area contributed by atoms with Gasteiger partial charge < -0.3 is 15.8 Å². The van der Waals surface area contributed by atoms with Gasteiger partial charge in [-0.3, -0.25) is 9.69 Å². The molecular formula is C21H30ClN3O2. The number of amides is 1. The molecule has 3 aliphatic rings. The van der Waals surface area contributed by atoms with Crippen LogP contribution in [-0.2, 0) is 9.53 Å². The second kappa shape index (κ2) is 8.48. The van der Waals surface area contributed by atoms with E-state index in [1.54, 1.807) is 0 Å². The Morgan fingerprint density at radius 2 is 1.93 bits per heavy atom. The van der Waals surface area contributed by atoms with Crippen LogP contribution in [0.1, 0.15) is 50.2 Å². The number of morpholine rings is 1. The van der Waals surface area contributed by atoms with Crippen molar-refractivity contribution < 1.29 is 9.53 Å². The molecule has 1 aliphatic carbocycles. The predicted molar refractivity (Wildman–Crippen MR) is 107 cm³/mol. The van der Waals surface area contributed by atoms with Crippen molar-refractivity contribution in [3.63, 3.8) is 0 Å². The molecule has 6 heteroatoms. The lowest BCUT2D eigenvalue weighted by Crippen LogP contribution is -2.50. The molecule has 2 saturated heterocycles. The Balaban J connectivity index is 1.30. The van der Waals surface area contributed by atoms with Gasteiger partial charge in [0.15, 0.2) is 0 Å². The highest BCUT2D eigenvalue weighted by Gasteiger charge is 2.39. The van der Waals surface area contributed by atoms with E-state index in [0.29, 0.717) is 18.6 Å². The summed E-state index contributed by atoms with van der Waals surface area (Å²) in [4.78, 5) is 15.1. The monoisotopic (exact) mass is 391 g/mol. The molecule has 0 radical (unpaired) electrons. The quantitative estimate of drug-likeness (QED) is 0.828. The molecule has 5 nitrogen and oxygen atoms in total. The third-order valence-corrected chi connectivity index (χ3v) is 6.72. The molecule has 0 spiro atoms. The molecule has 2 heterocycles. The zero-order valence-corrected chi connectivity index (χ0v) is 16.5. The lowest BCUT2D eigenvalue weighted by atomic mass is 9.84. The minimum Gasteiger partial charge on any atom is -0.371 e. The van der Waals surface area contributed by atoms with Crippen LogP contribution in [0.3, 0.4) is 0 Å². The fourth-order valence-electron chi connectivity index (χ4n) is 4.86. The van der Waals surface area contributed by atoms with E-state index in [-0.39, 0.29) is 24.1 Å². The number of carbonyl (C=O) groups excluding carboxylic acids is 1. The topological polar surface area (TPSA) is 67.6 Å². The van der Waals surface area contributed by atoms with Crippen molar-refractivity contribution in [1.82, 2.24) is 10.2 Å². The third-order valence-electron chi connectivity index (χ3n) is 6.47. The Labute approximate surface area is 166 Å². The zero-order chi connectivity index (χ0) is 18.8. The van der Waals surface area contributed by atoms with Crippen LogP contribution in [0.2, 0.25) is 5.02 Å². The van der Waals surface area contributed by atoms with Crippen molar-refractivity contribution in [2.24, 2.45) is 11.7 Å². The summed E-state index contributed by atoms with van der Waals surface area (Å²) in [5.74, 6) is 0.377. The molecule has 4 rings (SSSR count). The normalized spacial score (nSPS) is 30.7. The van der Waals surface area contributed by atoms with Gasteiger partial charge in [0.25, 0.3) is 0 Å². The second-order valence-corrected chi connectivity index (χ2v) is 8.78. The molecule has 27 heavy (non-hydrogen) atoms. The van der Waals surface area contributed by atoms with Crippen molar-refractivity contribution >= 4 is 17.5 Å². The minimum atomic E-state index is -0.360. The maximum absolute atomic E-state index is 12.6. The lowest BCUT2D eigenvalue weighted by molar-refractivity contribution is -0.124. The Morgan fingerprint density at radius 3 is 2.67 bits per heavy atom. The first-order valence-corrected chi connectivity index (χ1v) is 10.6. The van der Waals surface area contributed by atoms with Crippen molar-refractivity contribution in [3.05, 3.63) is 34.9 Å². The van der Waals surface area contributed by atoms with Crippen molar-refractivity contribution in [3.8, 4) is 0 Å². The van der Waals surface area contributed by atoms with Gasteiger partial charge in [0, 0.05) is 30.2 Å². The van der Waals surface area contributed by atoms with Crippen LogP contribution < -0.4 is 11.1 Å². The number of ether oxygens (including phenoxy) is 1. The Kier molecular flexibility index (Phi) is 6.02. The summed E-state index contributed by atoms with van der Waals surface area (Å²) in [6, 6.07) is 8.07. The van der Waals surface area contributed by atoms with Crippen LogP contribution in [0.4, 0.5) is 0 Å². The van der Waals surface area contributed by atoms with Gasteiger partial charge in [-0.2, -0.15) is 0 Å². The maximum atomic E-state index is 12.6. The van der Waals surface area contributed by atoms with Crippen molar-refractivity contribution in [1.29, 1.82) is 0 Å². The van der Waals surface area contributed by atoms with Gasteiger partial charge >= 0.3 is 0 Å². The molecule has 0 aromatic heterocycles. The standard InChI is InChI=1S/C21H30ClN3O2/c22-16-8-6-14(7-9-16)19-12-25-11-17(10-18(25)13-27-19)24-21(26)20(23)15-4-2-1-3-5-15/h6-9,15,17-20H,1-5,10-13,23H2,(H,24,26)/t17-,18+,19-,20+/m1/s1. The number of halogens is 1. The van der Waals surface area contributed by atoms with Gasteiger partial charge in [0.1, 0.15) is 0 Å². The zero-order valence-electron chi connectivity index (χ0n) is 15.8. The Hall–Kier alpha value is -1.14. The van der Waals surface area contributed by atoms with E-state index in [1.807, 2.05) is 24.3 Å². The van der Waals surface area contributed by atoms with Crippen LogP contribution in [-0.4, -0.2) is 48.6 Å². The van der Waals surface area contributed by atoms with E-state index in [4.69, 9.17) is 22.1 Å². The molecule has 1 aromatic carbocycles. The Morgan fingerprint density at radius 1 is 1.19 bits per heavy atom. The summed E-state index contributed by atoms with van der Waals surface area (Å²) in [7, 11) is 0. The molecule has 0 unspecified atom stereocenters. The number of nitrogens with one attached hydrogen (secondary N) is 1. The molecular weight excluding hydrogens is 362 g/mol.